The normalized spacial score (nSPS) is 14.2. The van der Waals surface area contributed by atoms with Crippen molar-refractivity contribution < 1.29 is 13.6 Å². The van der Waals surface area contributed by atoms with E-state index in [2.05, 4.69) is 30.6 Å². The van der Waals surface area contributed by atoms with Gasteiger partial charge in [0, 0.05) is 37.4 Å². The van der Waals surface area contributed by atoms with E-state index >= 15 is 0 Å². The van der Waals surface area contributed by atoms with E-state index in [4.69, 9.17) is 0 Å². The number of halogens is 2. The first-order valence-corrected chi connectivity index (χ1v) is 11.7. The van der Waals surface area contributed by atoms with Gasteiger partial charge in [-0.15, -0.1) is 0 Å². The minimum Gasteiger partial charge on any atom is -0.336 e. The molecule has 186 valence electrons. The van der Waals surface area contributed by atoms with E-state index in [0.29, 0.717) is 36.8 Å². The van der Waals surface area contributed by atoms with Crippen LogP contribution in [0.4, 0.5) is 20.5 Å². The molecule has 11 heteroatoms. The summed E-state index contributed by atoms with van der Waals surface area (Å²) in [7, 11) is 0. The number of pyridine rings is 1. The lowest BCUT2D eigenvalue weighted by Crippen LogP contribution is -2.47. The highest BCUT2D eigenvalue weighted by Gasteiger charge is 2.19. The van der Waals surface area contributed by atoms with Crippen molar-refractivity contribution in [1.82, 2.24) is 34.7 Å². The van der Waals surface area contributed by atoms with E-state index in [1.54, 1.807) is 23.2 Å². The fraction of sp³-hybridized carbons (Fsp3) is 0.320. The second-order valence-electron chi connectivity index (χ2n) is 9.01. The summed E-state index contributed by atoms with van der Waals surface area (Å²) >= 11 is 0. The molecular weight excluding hydrogens is 466 g/mol. The summed E-state index contributed by atoms with van der Waals surface area (Å²) in [5.74, 6) is 0.0961. The summed E-state index contributed by atoms with van der Waals surface area (Å²) in [6.07, 6.45) is 2.71. The van der Waals surface area contributed by atoms with Gasteiger partial charge in [-0.2, -0.15) is 0 Å². The maximum absolute atomic E-state index is 14.9. The Kier molecular flexibility index (Phi) is 6.31. The summed E-state index contributed by atoms with van der Waals surface area (Å²) in [6, 6.07) is 6.57. The quantitative estimate of drug-likeness (QED) is 0.423. The molecule has 0 spiro atoms. The first kappa shape index (κ1) is 23.7. The molecule has 0 saturated carbocycles. The van der Waals surface area contributed by atoms with Crippen LogP contribution in [-0.4, -0.2) is 54.9 Å². The summed E-state index contributed by atoms with van der Waals surface area (Å²) in [5, 5.41) is 6.01. The molecule has 0 bridgehead atoms. The highest BCUT2D eigenvalue weighted by atomic mass is 19.1. The molecule has 1 aliphatic heterocycles. The van der Waals surface area contributed by atoms with E-state index in [0.717, 1.165) is 18.3 Å². The van der Waals surface area contributed by atoms with Gasteiger partial charge < -0.3 is 20.1 Å². The van der Waals surface area contributed by atoms with Crippen LogP contribution in [0.3, 0.4) is 0 Å². The summed E-state index contributed by atoms with van der Waals surface area (Å²) in [6.45, 7) is 8.00. The topological polar surface area (TPSA) is 101 Å². The number of imidazole rings is 1. The molecule has 4 heterocycles. The van der Waals surface area contributed by atoms with Gasteiger partial charge in [-0.05, 0) is 44.5 Å². The number of nitrogens with one attached hydrogen (secondary N) is 2. The fourth-order valence-electron chi connectivity index (χ4n) is 4.43. The Balaban J connectivity index is 1.40. The fourth-order valence-corrected chi connectivity index (χ4v) is 4.43. The summed E-state index contributed by atoms with van der Waals surface area (Å²) in [4.78, 5) is 30.8. The molecule has 0 unspecified atom stereocenters. The molecule has 1 aliphatic rings. The zero-order chi connectivity index (χ0) is 25.4. The number of carbonyl (C=O) groups is 1. The third kappa shape index (κ3) is 4.61. The highest BCUT2D eigenvalue weighted by Crippen LogP contribution is 2.30. The molecule has 2 N–H and O–H groups in total. The van der Waals surface area contributed by atoms with Gasteiger partial charge in [0.1, 0.15) is 22.9 Å². The number of rotatable bonds is 6. The van der Waals surface area contributed by atoms with E-state index < -0.39 is 11.6 Å². The largest absolute Gasteiger partial charge is 0.336 e. The SMILES string of the molecule is Cc1nc2c(F)cc(-c3nc(Nc4ccc(CN5CCNCC5=O)cn4)ncc3F)cc2n1C(C)C. The monoisotopic (exact) mass is 492 g/mol. The number of fused-ring (bicyclic) bond motifs is 1. The van der Waals surface area contributed by atoms with Crippen molar-refractivity contribution in [3.05, 3.63) is 59.7 Å². The first-order valence-electron chi connectivity index (χ1n) is 11.7. The van der Waals surface area contributed by atoms with Crippen LogP contribution >= 0.6 is 0 Å². The Bertz CT molecular complexity index is 1430. The predicted octanol–water partition coefficient (Wildman–Crippen LogP) is 3.73. The van der Waals surface area contributed by atoms with E-state index in [-0.39, 0.29) is 34.7 Å². The molecule has 5 rings (SSSR count). The molecule has 3 aromatic heterocycles. The molecule has 1 aromatic carbocycles. The standard InChI is InChI=1S/C25H26F2N8O/c1-14(2)35-15(3)31-24-18(26)8-17(9-20(24)35)23-19(27)11-30-25(33-23)32-21-5-4-16(10-29-21)13-34-7-6-28-12-22(34)36/h4-5,8-11,14,28H,6-7,12-13H2,1-3H3,(H,29,30,32,33). The lowest BCUT2D eigenvalue weighted by Gasteiger charge is -2.27. The second kappa shape index (κ2) is 9.57. The van der Waals surface area contributed by atoms with Crippen LogP contribution in [0.15, 0.2) is 36.7 Å². The number of benzene rings is 1. The Labute approximate surface area is 206 Å². The maximum atomic E-state index is 14.9. The van der Waals surface area contributed by atoms with Crippen LogP contribution in [-0.2, 0) is 11.3 Å². The number of anilines is 2. The zero-order valence-electron chi connectivity index (χ0n) is 20.2. The number of nitrogens with zero attached hydrogens (tertiary/aromatic N) is 6. The van der Waals surface area contributed by atoms with Gasteiger partial charge in [0.25, 0.3) is 0 Å². The van der Waals surface area contributed by atoms with Crippen molar-refractivity contribution in [2.24, 2.45) is 0 Å². The highest BCUT2D eigenvalue weighted by molar-refractivity contribution is 5.83. The van der Waals surface area contributed by atoms with Crippen molar-refractivity contribution >= 4 is 28.7 Å². The zero-order valence-corrected chi connectivity index (χ0v) is 20.2. The number of aromatic nitrogens is 5. The molecule has 1 saturated heterocycles. The van der Waals surface area contributed by atoms with Crippen LogP contribution in [0.1, 0.15) is 31.3 Å². The second-order valence-corrected chi connectivity index (χ2v) is 9.01. The van der Waals surface area contributed by atoms with Crippen molar-refractivity contribution in [2.45, 2.75) is 33.4 Å². The third-order valence-electron chi connectivity index (χ3n) is 6.08. The molecule has 1 fully saturated rings. The molecule has 1 amide bonds. The first-order chi connectivity index (χ1) is 17.3. The minimum absolute atomic E-state index is 0.0312. The maximum Gasteiger partial charge on any atom is 0.236 e. The van der Waals surface area contributed by atoms with Crippen LogP contribution in [0.25, 0.3) is 22.3 Å². The Hall–Kier alpha value is -3.99. The van der Waals surface area contributed by atoms with Gasteiger partial charge in [0.05, 0.1) is 18.3 Å². The van der Waals surface area contributed by atoms with Gasteiger partial charge >= 0.3 is 0 Å². The summed E-state index contributed by atoms with van der Waals surface area (Å²) in [5.41, 5.74) is 1.96. The number of hydrogen-bond acceptors (Lipinski definition) is 7. The average molecular weight is 493 g/mol. The molecule has 4 aromatic rings. The van der Waals surface area contributed by atoms with Gasteiger partial charge in [-0.3, -0.25) is 4.79 Å². The Morgan fingerprint density at radius 1 is 1.11 bits per heavy atom. The van der Waals surface area contributed by atoms with E-state index in [9.17, 15) is 13.6 Å². The molecule has 0 atom stereocenters. The Morgan fingerprint density at radius 3 is 2.67 bits per heavy atom. The van der Waals surface area contributed by atoms with Crippen molar-refractivity contribution in [1.29, 1.82) is 0 Å². The van der Waals surface area contributed by atoms with Crippen LogP contribution in [0.5, 0.6) is 0 Å². The van der Waals surface area contributed by atoms with Crippen LogP contribution in [0.2, 0.25) is 0 Å². The third-order valence-corrected chi connectivity index (χ3v) is 6.08. The van der Waals surface area contributed by atoms with Gasteiger partial charge in [-0.25, -0.2) is 28.7 Å². The number of carbonyl (C=O) groups excluding carboxylic acids is 1. The molecule has 9 nitrogen and oxygen atoms in total. The molecule has 0 radical (unpaired) electrons. The van der Waals surface area contributed by atoms with Crippen molar-refractivity contribution in [3.63, 3.8) is 0 Å². The molecule has 36 heavy (non-hydrogen) atoms. The van der Waals surface area contributed by atoms with E-state index in [1.165, 1.54) is 6.07 Å². The number of hydrogen-bond donors (Lipinski definition) is 2. The number of piperazine rings is 1. The van der Waals surface area contributed by atoms with Crippen molar-refractivity contribution in [3.8, 4) is 11.3 Å². The van der Waals surface area contributed by atoms with E-state index in [1.807, 2.05) is 31.4 Å². The van der Waals surface area contributed by atoms with Gasteiger partial charge in [-0.1, -0.05) is 6.07 Å². The minimum atomic E-state index is -0.671. The van der Waals surface area contributed by atoms with Crippen LogP contribution in [0, 0.1) is 18.6 Å². The average Bonchev–Trinajstić information content (AvgIpc) is 3.19. The molecular formula is C25H26F2N8O. The molecule has 0 aliphatic carbocycles. The Morgan fingerprint density at radius 2 is 1.94 bits per heavy atom. The van der Waals surface area contributed by atoms with Gasteiger partial charge in [0.2, 0.25) is 11.9 Å². The van der Waals surface area contributed by atoms with Gasteiger partial charge in [0.15, 0.2) is 11.6 Å². The predicted molar refractivity (Wildman–Crippen MR) is 132 cm³/mol. The smallest absolute Gasteiger partial charge is 0.236 e. The lowest BCUT2D eigenvalue weighted by molar-refractivity contribution is -0.132. The summed E-state index contributed by atoms with van der Waals surface area (Å²) < 4.78 is 31.6. The van der Waals surface area contributed by atoms with Crippen LogP contribution < -0.4 is 10.6 Å². The number of amides is 1. The number of aryl methyl sites for hydroxylation is 1. The lowest BCUT2D eigenvalue weighted by atomic mass is 10.1. The van der Waals surface area contributed by atoms with Crippen molar-refractivity contribution in [2.75, 3.05) is 25.0 Å².